The Morgan fingerprint density at radius 3 is 2.69 bits per heavy atom. The third kappa shape index (κ3) is 4.21. The smallest absolute Gasteiger partial charge is 0.250 e. The molecule has 1 aliphatic carbocycles. The van der Waals surface area contributed by atoms with Crippen molar-refractivity contribution in [3.63, 3.8) is 0 Å². The maximum atomic E-state index is 12.1. The van der Waals surface area contributed by atoms with Crippen LogP contribution >= 0.6 is 0 Å². The number of nitrogens with zero attached hydrogens (tertiary/aromatic N) is 4. The molecule has 1 saturated carbocycles. The zero-order valence-electron chi connectivity index (χ0n) is 17.3. The minimum atomic E-state index is -0.0225. The maximum absolute atomic E-state index is 12.1. The lowest BCUT2D eigenvalue weighted by atomic mass is 10.1. The highest BCUT2D eigenvalue weighted by Gasteiger charge is 2.40. The Hall–Kier alpha value is -3.02. The van der Waals surface area contributed by atoms with Crippen molar-refractivity contribution in [3.05, 3.63) is 70.3 Å². The quantitative estimate of drug-likeness (QED) is 0.634. The van der Waals surface area contributed by atoms with Crippen molar-refractivity contribution >= 4 is 0 Å². The summed E-state index contributed by atoms with van der Waals surface area (Å²) in [6.07, 6.45) is 6.62. The first-order valence-electron chi connectivity index (χ1n) is 10.0. The predicted octanol–water partition coefficient (Wildman–Crippen LogP) is 4.08. The van der Waals surface area contributed by atoms with Crippen LogP contribution in [0.4, 0.5) is 0 Å². The van der Waals surface area contributed by atoms with Crippen molar-refractivity contribution < 1.29 is 4.74 Å². The lowest BCUT2D eigenvalue weighted by molar-refractivity contribution is 0.285. The Labute approximate surface area is 170 Å². The SMILES string of the molecule is Cc1ccc([C@@H]2CC2COc2nc(C)ncc2-c2ccc(=O)n(C(C)C)c2)nc1. The van der Waals surface area contributed by atoms with Gasteiger partial charge in [-0.3, -0.25) is 9.78 Å². The van der Waals surface area contributed by atoms with E-state index in [1.54, 1.807) is 22.9 Å². The summed E-state index contributed by atoms with van der Waals surface area (Å²) >= 11 is 0. The second kappa shape index (κ2) is 7.78. The highest BCUT2D eigenvalue weighted by Crippen LogP contribution is 2.47. The molecular formula is C23H26N4O2. The summed E-state index contributed by atoms with van der Waals surface area (Å²) in [6, 6.07) is 7.67. The lowest BCUT2D eigenvalue weighted by Gasteiger charge is -2.14. The van der Waals surface area contributed by atoms with Gasteiger partial charge < -0.3 is 9.30 Å². The first-order chi connectivity index (χ1) is 13.9. The first-order valence-corrected chi connectivity index (χ1v) is 10.0. The van der Waals surface area contributed by atoms with E-state index in [0.717, 1.165) is 23.2 Å². The average Bonchev–Trinajstić information content (AvgIpc) is 3.47. The molecule has 0 aliphatic heterocycles. The first kappa shape index (κ1) is 19.3. The van der Waals surface area contributed by atoms with Gasteiger partial charge in [-0.2, -0.15) is 4.98 Å². The van der Waals surface area contributed by atoms with E-state index in [1.807, 2.05) is 40.1 Å². The van der Waals surface area contributed by atoms with Gasteiger partial charge in [-0.25, -0.2) is 4.98 Å². The Kier molecular flexibility index (Phi) is 5.18. The number of pyridine rings is 2. The third-order valence-electron chi connectivity index (χ3n) is 5.35. The molecule has 0 spiro atoms. The van der Waals surface area contributed by atoms with Crippen LogP contribution in [0.1, 0.15) is 49.3 Å². The molecule has 2 atom stereocenters. The van der Waals surface area contributed by atoms with Crippen molar-refractivity contribution in [2.45, 2.75) is 46.1 Å². The summed E-state index contributed by atoms with van der Waals surface area (Å²) in [5.74, 6) is 2.12. The zero-order valence-corrected chi connectivity index (χ0v) is 17.3. The zero-order chi connectivity index (χ0) is 20.5. The Bertz CT molecular complexity index is 1070. The van der Waals surface area contributed by atoms with Crippen molar-refractivity contribution in [3.8, 4) is 17.0 Å². The van der Waals surface area contributed by atoms with Crippen molar-refractivity contribution in [1.82, 2.24) is 19.5 Å². The molecule has 3 aromatic rings. The van der Waals surface area contributed by atoms with E-state index >= 15 is 0 Å². The normalized spacial score (nSPS) is 18.1. The van der Waals surface area contributed by atoms with Gasteiger partial charge in [-0.15, -0.1) is 0 Å². The van der Waals surface area contributed by atoms with Crippen LogP contribution in [-0.2, 0) is 0 Å². The standard InChI is InChI=1S/C23H26N4O2/c1-14(2)27-12-17(6-8-22(27)28)20-11-24-16(4)26-23(20)29-13-18-9-19(18)21-7-5-15(3)10-25-21/h5-8,10-12,14,18-19H,9,13H2,1-4H3/t18?,19-/m1/s1. The topological polar surface area (TPSA) is 69.9 Å². The molecule has 3 heterocycles. The molecule has 4 rings (SSSR count). The van der Waals surface area contributed by atoms with Crippen LogP contribution < -0.4 is 10.3 Å². The van der Waals surface area contributed by atoms with Gasteiger partial charge in [0.15, 0.2) is 0 Å². The molecule has 0 saturated heterocycles. The van der Waals surface area contributed by atoms with E-state index in [-0.39, 0.29) is 11.6 Å². The van der Waals surface area contributed by atoms with Gasteiger partial charge >= 0.3 is 0 Å². The van der Waals surface area contributed by atoms with Gasteiger partial charge in [0.2, 0.25) is 5.88 Å². The van der Waals surface area contributed by atoms with E-state index < -0.39 is 0 Å². The van der Waals surface area contributed by atoms with Gasteiger partial charge in [0, 0.05) is 53.8 Å². The van der Waals surface area contributed by atoms with Crippen LogP contribution in [-0.4, -0.2) is 26.1 Å². The summed E-state index contributed by atoms with van der Waals surface area (Å²) in [5.41, 5.74) is 3.96. The highest BCUT2D eigenvalue weighted by atomic mass is 16.5. The molecule has 1 aliphatic rings. The molecular weight excluding hydrogens is 364 g/mol. The molecule has 1 unspecified atom stereocenters. The van der Waals surface area contributed by atoms with Crippen LogP contribution in [0.15, 0.2) is 47.7 Å². The highest BCUT2D eigenvalue weighted by molar-refractivity contribution is 5.66. The minimum Gasteiger partial charge on any atom is -0.477 e. The largest absolute Gasteiger partial charge is 0.477 e. The molecule has 0 radical (unpaired) electrons. The number of aryl methyl sites for hydroxylation is 2. The molecule has 1 fully saturated rings. The monoisotopic (exact) mass is 390 g/mol. The summed E-state index contributed by atoms with van der Waals surface area (Å²) < 4.78 is 7.84. The molecule has 0 N–H and O–H groups in total. The molecule has 6 heteroatoms. The lowest BCUT2D eigenvalue weighted by Crippen LogP contribution is -2.20. The van der Waals surface area contributed by atoms with Gasteiger partial charge in [0.1, 0.15) is 5.82 Å². The van der Waals surface area contributed by atoms with Crippen LogP contribution in [0.3, 0.4) is 0 Å². The number of rotatable bonds is 6. The van der Waals surface area contributed by atoms with E-state index in [2.05, 4.69) is 27.1 Å². The summed E-state index contributed by atoms with van der Waals surface area (Å²) in [6.45, 7) is 8.46. The Morgan fingerprint density at radius 1 is 1.14 bits per heavy atom. The van der Waals surface area contributed by atoms with Gasteiger partial charge in [0.25, 0.3) is 5.56 Å². The number of ether oxygens (including phenoxy) is 1. The molecule has 0 amide bonds. The maximum Gasteiger partial charge on any atom is 0.250 e. The Morgan fingerprint density at radius 2 is 1.97 bits per heavy atom. The van der Waals surface area contributed by atoms with Crippen molar-refractivity contribution in [2.24, 2.45) is 5.92 Å². The van der Waals surface area contributed by atoms with E-state index in [4.69, 9.17) is 4.74 Å². The molecule has 3 aromatic heterocycles. The van der Waals surface area contributed by atoms with Gasteiger partial charge in [0.05, 0.1) is 12.2 Å². The molecule has 0 bridgehead atoms. The fraction of sp³-hybridized carbons (Fsp3) is 0.391. The Balaban J connectivity index is 1.53. The number of hydrogen-bond donors (Lipinski definition) is 0. The summed E-state index contributed by atoms with van der Waals surface area (Å²) in [5, 5.41) is 0. The van der Waals surface area contributed by atoms with Crippen LogP contribution in [0.2, 0.25) is 0 Å². The van der Waals surface area contributed by atoms with E-state index in [9.17, 15) is 4.79 Å². The van der Waals surface area contributed by atoms with E-state index in [1.165, 1.54) is 5.56 Å². The molecule has 150 valence electrons. The average molecular weight is 390 g/mol. The van der Waals surface area contributed by atoms with Crippen LogP contribution in [0, 0.1) is 19.8 Å². The predicted molar refractivity (Wildman–Crippen MR) is 112 cm³/mol. The molecule has 29 heavy (non-hydrogen) atoms. The van der Waals surface area contributed by atoms with Gasteiger partial charge in [-0.05, 0) is 51.8 Å². The summed E-state index contributed by atoms with van der Waals surface area (Å²) in [7, 11) is 0. The fourth-order valence-corrected chi connectivity index (χ4v) is 3.50. The second-order valence-corrected chi connectivity index (χ2v) is 8.07. The van der Waals surface area contributed by atoms with Crippen LogP contribution in [0.5, 0.6) is 5.88 Å². The number of hydrogen-bond acceptors (Lipinski definition) is 5. The number of aromatic nitrogens is 4. The van der Waals surface area contributed by atoms with E-state index in [0.29, 0.717) is 30.1 Å². The fourth-order valence-electron chi connectivity index (χ4n) is 3.50. The minimum absolute atomic E-state index is 0.0225. The molecule has 6 nitrogen and oxygen atoms in total. The van der Waals surface area contributed by atoms with Crippen molar-refractivity contribution in [1.29, 1.82) is 0 Å². The van der Waals surface area contributed by atoms with Crippen molar-refractivity contribution in [2.75, 3.05) is 6.61 Å². The third-order valence-corrected chi connectivity index (χ3v) is 5.35. The second-order valence-electron chi connectivity index (χ2n) is 8.07. The molecule has 0 aromatic carbocycles. The van der Waals surface area contributed by atoms with Crippen LogP contribution in [0.25, 0.3) is 11.1 Å². The summed E-state index contributed by atoms with van der Waals surface area (Å²) in [4.78, 5) is 25.5. The van der Waals surface area contributed by atoms with Gasteiger partial charge in [-0.1, -0.05) is 6.07 Å².